The van der Waals surface area contributed by atoms with Gasteiger partial charge in [0.1, 0.15) is 6.04 Å². The molecule has 1 aliphatic heterocycles. The van der Waals surface area contributed by atoms with E-state index in [0.717, 1.165) is 46.4 Å². The number of carbonyl (C=O) groups is 1. The van der Waals surface area contributed by atoms with Gasteiger partial charge in [-0.05, 0) is 66.8 Å². The van der Waals surface area contributed by atoms with Crippen LogP contribution < -0.4 is 10.6 Å². The van der Waals surface area contributed by atoms with Gasteiger partial charge in [-0.1, -0.05) is 18.2 Å². The number of H-pyrrole nitrogens is 1. The fourth-order valence-electron chi connectivity index (χ4n) is 5.21. The minimum Gasteiger partial charge on any atom is -0.390 e. The molecule has 0 bridgehead atoms. The number of pyridine rings is 1. The lowest BCUT2D eigenvalue weighted by molar-refractivity contribution is -0.134. The molecule has 1 saturated heterocycles. The summed E-state index contributed by atoms with van der Waals surface area (Å²) in [6.45, 7) is 1.59. The van der Waals surface area contributed by atoms with Crippen LogP contribution in [0.3, 0.4) is 0 Å². The quantitative estimate of drug-likeness (QED) is 0.248. The van der Waals surface area contributed by atoms with Crippen LogP contribution in [0.5, 0.6) is 0 Å². The van der Waals surface area contributed by atoms with Gasteiger partial charge in [0.2, 0.25) is 5.91 Å². The minimum absolute atomic E-state index is 0.0777. The number of nitrogens with one attached hydrogen (secondary N) is 3. The zero-order chi connectivity index (χ0) is 26.3. The summed E-state index contributed by atoms with van der Waals surface area (Å²) < 4.78 is 5.12. The number of carbonyl (C=O) groups excluding carboxylic acids is 1. The second-order valence-electron chi connectivity index (χ2n) is 9.88. The van der Waals surface area contributed by atoms with E-state index in [1.807, 2.05) is 65.7 Å². The summed E-state index contributed by atoms with van der Waals surface area (Å²) in [6, 6.07) is 19.6. The first kappa shape index (κ1) is 25.8. The molecule has 8 heteroatoms. The van der Waals surface area contributed by atoms with Crippen LogP contribution in [-0.4, -0.2) is 64.8 Å². The van der Waals surface area contributed by atoms with Crippen molar-refractivity contribution in [3.8, 4) is 0 Å². The van der Waals surface area contributed by atoms with Gasteiger partial charge in [-0.3, -0.25) is 9.78 Å². The van der Waals surface area contributed by atoms with E-state index in [1.54, 1.807) is 19.5 Å². The van der Waals surface area contributed by atoms with Crippen LogP contribution in [0.2, 0.25) is 0 Å². The van der Waals surface area contributed by atoms with E-state index < -0.39 is 12.1 Å². The Bertz CT molecular complexity index is 1320. The summed E-state index contributed by atoms with van der Waals surface area (Å²) in [7, 11) is 1.60. The van der Waals surface area contributed by atoms with Crippen molar-refractivity contribution in [2.24, 2.45) is 5.92 Å². The molecular formula is C30H35N5O3. The van der Waals surface area contributed by atoms with Gasteiger partial charge < -0.3 is 30.4 Å². The molecule has 4 aromatic rings. The van der Waals surface area contributed by atoms with Crippen LogP contribution in [0.25, 0.3) is 10.9 Å². The number of aromatic amines is 1. The van der Waals surface area contributed by atoms with Gasteiger partial charge >= 0.3 is 0 Å². The molecule has 0 spiro atoms. The topological polar surface area (TPSA) is 103 Å². The van der Waals surface area contributed by atoms with Crippen molar-refractivity contribution in [2.75, 3.05) is 37.4 Å². The Balaban J connectivity index is 1.31. The number of aliphatic hydroxyl groups excluding tert-OH is 1. The van der Waals surface area contributed by atoms with E-state index in [-0.39, 0.29) is 11.8 Å². The van der Waals surface area contributed by atoms with E-state index in [1.165, 1.54) is 0 Å². The van der Waals surface area contributed by atoms with Crippen molar-refractivity contribution in [3.63, 3.8) is 0 Å². The number of anilines is 3. The van der Waals surface area contributed by atoms with Gasteiger partial charge in [0, 0.05) is 73.2 Å². The highest BCUT2D eigenvalue weighted by molar-refractivity contribution is 5.88. The summed E-state index contributed by atoms with van der Waals surface area (Å²) in [5.74, 6) is 0.230. The first-order chi connectivity index (χ1) is 18.6. The summed E-state index contributed by atoms with van der Waals surface area (Å²) in [6.07, 6.45) is 7.11. The molecule has 4 N–H and O–H groups in total. The normalized spacial score (nSPS) is 15.8. The summed E-state index contributed by atoms with van der Waals surface area (Å²) >= 11 is 0. The number of methoxy groups -OCH3 is 1. The third-order valence-electron chi connectivity index (χ3n) is 7.32. The third kappa shape index (κ3) is 6.15. The van der Waals surface area contributed by atoms with Gasteiger partial charge in [0.15, 0.2) is 0 Å². The maximum Gasteiger partial charge on any atom is 0.245 e. The molecule has 2 atom stereocenters. The molecule has 0 saturated carbocycles. The predicted molar refractivity (Wildman–Crippen MR) is 151 cm³/mol. The predicted octanol–water partition coefficient (Wildman–Crippen LogP) is 4.58. The lowest BCUT2D eigenvalue weighted by Crippen LogP contribution is -2.48. The number of likely N-dealkylation sites (tertiary alicyclic amines) is 1. The Kier molecular flexibility index (Phi) is 8.21. The van der Waals surface area contributed by atoms with Crippen LogP contribution in [0.15, 0.2) is 79.3 Å². The summed E-state index contributed by atoms with van der Waals surface area (Å²) in [5, 5.41) is 18.3. The van der Waals surface area contributed by atoms with E-state index in [4.69, 9.17) is 4.74 Å². The number of ether oxygens (including phenoxy) is 1. The molecule has 1 fully saturated rings. The molecule has 38 heavy (non-hydrogen) atoms. The number of fused-ring (bicyclic) bond motifs is 1. The highest BCUT2D eigenvalue weighted by atomic mass is 16.5. The maximum atomic E-state index is 13.8. The van der Waals surface area contributed by atoms with Gasteiger partial charge in [-0.15, -0.1) is 0 Å². The van der Waals surface area contributed by atoms with Crippen molar-refractivity contribution >= 4 is 33.9 Å². The molecule has 2 aromatic heterocycles. The first-order valence-corrected chi connectivity index (χ1v) is 13.1. The smallest absolute Gasteiger partial charge is 0.245 e. The van der Waals surface area contributed by atoms with Gasteiger partial charge in [0.05, 0.1) is 12.7 Å². The zero-order valence-corrected chi connectivity index (χ0v) is 21.6. The highest BCUT2D eigenvalue weighted by Crippen LogP contribution is 2.26. The Morgan fingerprint density at radius 1 is 1.05 bits per heavy atom. The molecule has 2 aromatic carbocycles. The lowest BCUT2D eigenvalue weighted by Gasteiger charge is -2.36. The minimum atomic E-state index is -0.489. The van der Waals surface area contributed by atoms with Crippen molar-refractivity contribution < 1.29 is 14.6 Å². The number of aliphatic hydroxyl groups is 1. The number of nitrogens with zero attached hydrogens (tertiary/aromatic N) is 2. The summed E-state index contributed by atoms with van der Waals surface area (Å²) in [5.41, 5.74) is 4.97. The number of hydrogen-bond donors (Lipinski definition) is 4. The van der Waals surface area contributed by atoms with Crippen LogP contribution in [0.4, 0.5) is 17.1 Å². The van der Waals surface area contributed by atoms with Gasteiger partial charge in [0.25, 0.3) is 0 Å². The van der Waals surface area contributed by atoms with E-state index in [0.29, 0.717) is 26.1 Å². The molecule has 0 radical (unpaired) electrons. The molecule has 198 valence electrons. The van der Waals surface area contributed by atoms with E-state index in [2.05, 4.69) is 26.7 Å². The third-order valence-corrected chi connectivity index (χ3v) is 7.32. The van der Waals surface area contributed by atoms with Gasteiger partial charge in [-0.25, -0.2) is 0 Å². The Hall–Kier alpha value is -3.88. The SMILES string of the molecule is COCC(O)C1CCN(C(=O)C(Cc2c[nH]c3ccccc23)Nc2ccc(Nc3ccncc3)cc2)CC1. The second-order valence-corrected chi connectivity index (χ2v) is 9.88. The van der Waals surface area contributed by atoms with E-state index >= 15 is 0 Å². The Morgan fingerprint density at radius 2 is 1.74 bits per heavy atom. The fourth-order valence-corrected chi connectivity index (χ4v) is 5.21. The maximum absolute atomic E-state index is 13.8. The van der Waals surface area contributed by atoms with Crippen molar-refractivity contribution in [1.82, 2.24) is 14.9 Å². The number of piperidine rings is 1. The van der Waals surface area contributed by atoms with Crippen LogP contribution in [0.1, 0.15) is 18.4 Å². The van der Waals surface area contributed by atoms with Crippen molar-refractivity contribution in [2.45, 2.75) is 31.4 Å². The Morgan fingerprint density at radius 3 is 2.47 bits per heavy atom. The number of rotatable bonds is 10. The average molecular weight is 514 g/mol. The zero-order valence-electron chi connectivity index (χ0n) is 21.6. The molecule has 3 heterocycles. The molecule has 8 nitrogen and oxygen atoms in total. The molecule has 1 aliphatic rings. The van der Waals surface area contributed by atoms with Crippen LogP contribution in [-0.2, 0) is 16.0 Å². The highest BCUT2D eigenvalue weighted by Gasteiger charge is 2.31. The average Bonchev–Trinajstić information content (AvgIpc) is 3.37. The Labute approximate surface area is 223 Å². The molecule has 2 unspecified atom stereocenters. The number of amides is 1. The molecule has 5 rings (SSSR count). The monoisotopic (exact) mass is 513 g/mol. The van der Waals surface area contributed by atoms with E-state index in [9.17, 15) is 9.90 Å². The number of para-hydroxylation sites is 1. The summed E-state index contributed by atoms with van der Waals surface area (Å²) in [4.78, 5) is 23.1. The van der Waals surface area contributed by atoms with Crippen molar-refractivity contribution in [3.05, 3.63) is 84.8 Å². The molecular weight excluding hydrogens is 478 g/mol. The number of hydrogen-bond acceptors (Lipinski definition) is 6. The fraction of sp³-hybridized carbons (Fsp3) is 0.333. The second kappa shape index (κ2) is 12.1. The molecule has 1 amide bonds. The molecule has 0 aliphatic carbocycles. The van der Waals surface area contributed by atoms with Gasteiger partial charge in [-0.2, -0.15) is 0 Å². The standard InChI is InChI=1S/C30H35N5O3/c1-38-20-29(36)21-12-16-35(17-13-21)30(37)28(18-22-19-32-27-5-3-2-4-26(22)27)34-24-8-6-23(7-9-24)33-25-10-14-31-15-11-25/h2-11,14-15,19,21,28-29,32,34,36H,12-13,16-18,20H2,1H3,(H,31,33). The van der Waals surface area contributed by atoms with Crippen LogP contribution >= 0.6 is 0 Å². The lowest BCUT2D eigenvalue weighted by atomic mass is 9.91. The largest absolute Gasteiger partial charge is 0.390 e. The first-order valence-electron chi connectivity index (χ1n) is 13.1. The van der Waals surface area contributed by atoms with Crippen molar-refractivity contribution in [1.29, 1.82) is 0 Å². The number of aromatic nitrogens is 2. The van der Waals surface area contributed by atoms with Crippen LogP contribution in [0, 0.1) is 5.92 Å². The number of benzene rings is 2.